The number of aromatic nitrogens is 3. The zero-order chi connectivity index (χ0) is 27.5. The van der Waals surface area contributed by atoms with Crippen LogP contribution in [0.3, 0.4) is 0 Å². The molecule has 1 aromatic carbocycles. The lowest BCUT2D eigenvalue weighted by molar-refractivity contribution is 0.0594. The van der Waals surface area contributed by atoms with Crippen LogP contribution >= 0.6 is 0 Å². The van der Waals surface area contributed by atoms with Crippen LogP contribution < -0.4 is 9.47 Å². The fourth-order valence-electron chi connectivity index (χ4n) is 5.73. The van der Waals surface area contributed by atoms with Crippen LogP contribution in [-0.2, 0) is 6.54 Å². The van der Waals surface area contributed by atoms with E-state index < -0.39 is 0 Å². The van der Waals surface area contributed by atoms with Crippen molar-refractivity contribution in [2.24, 2.45) is 5.41 Å². The third-order valence-corrected chi connectivity index (χ3v) is 8.33. The van der Waals surface area contributed by atoms with Crippen LogP contribution in [0.25, 0.3) is 0 Å². The molecule has 2 fully saturated rings. The molecule has 1 amide bonds. The minimum Gasteiger partial charge on any atom is -0.489 e. The van der Waals surface area contributed by atoms with Gasteiger partial charge >= 0.3 is 0 Å². The quantitative estimate of drug-likeness (QED) is 0.412. The van der Waals surface area contributed by atoms with E-state index >= 15 is 0 Å². The first-order valence-electron chi connectivity index (χ1n) is 14.6. The van der Waals surface area contributed by atoms with Gasteiger partial charge in [0.25, 0.3) is 5.91 Å². The summed E-state index contributed by atoms with van der Waals surface area (Å²) in [6.45, 7) is 8.33. The lowest BCUT2D eigenvalue weighted by Gasteiger charge is -2.39. The number of piperidine rings is 1. The second-order valence-electron chi connectivity index (χ2n) is 12.2. The molecule has 4 heterocycles. The highest BCUT2D eigenvalue weighted by atomic mass is 16.5. The Morgan fingerprint density at radius 1 is 0.925 bits per heavy atom. The van der Waals surface area contributed by atoms with Crippen molar-refractivity contribution < 1.29 is 14.3 Å². The van der Waals surface area contributed by atoms with Crippen molar-refractivity contribution >= 4 is 5.91 Å². The minimum atomic E-state index is 0.0326. The molecule has 6 rings (SSSR count). The Balaban J connectivity index is 1.17. The number of fused-ring (bicyclic) bond motifs is 2. The van der Waals surface area contributed by atoms with Crippen molar-refractivity contribution in [2.75, 3.05) is 26.2 Å². The number of carbonyl (C=O) groups excluding carboxylic acids is 1. The molecule has 0 atom stereocenters. The summed E-state index contributed by atoms with van der Waals surface area (Å²) in [5.41, 5.74) is 1.68. The van der Waals surface area contributed by atoms with Gasteiger partial charge < -0.3 is 14.4 Å². The van der Waals surface area contributed by atoms with Crippen molar-refractivity contribution in [1.82, 2.24) is 24.8 Å². The van der Waals surface area contributed by atoms with Gasteiger partial charge in [0.05, 0.1) is 12.2 Å². The first-order chi connectivity index (χ1) is 19.4. The van der Waals surface area contributed by atoms with Crippen LogP contribution in [-0.4, -0.2) is 62.9 Å². The molecule has 8 heteroatoms. The van der Waals surface area contributed by atoms with Crippen molar-refractivity contribution in [3.8, 4) is 17.4 Å². The van der Waals surface area contributed by atoms with E-state index in [1.807, 2.05) is 35.2 Å². The van der Waals surface area contributed by atoms with Crippen LogP contribution in [0.4, 0.5) is 0 Å². The van der Waals surface area contributed by atoms with E-state index in [9.17, 15) is 4.79 Å². The summed E-state index contributed by atoms with van der Waals surface area (Å²) >= 11 is 0. The Bertz CT molecular complexity index is 1320. The molecule has 3 aliphatic rings. The van der Waals surface area contributed by atoms with E-state index in [-0.39, 0.29) is 11.3 Å². The van der Waals surface area contributed by atoms with E-state index in [1.165, 1.54) is 0 Å². The minimum absolute atomic E-state index is 0.0326. The SMILES string of the molecule is CC1(C)CCCN(C2CCN(C(=O)c3cnc(C4CC4)nc3)CC2)Cc2cccnc2Oc2ccccc2OC1. The van der Waals surface area contributed by atoms with Gasteiger partial charge in [0.15, 0.2) is 11.5 Å². The molecule has 0 radical (unpaired) electrons. The zero-order valence-electron chi connectivity index (χ0n) is 23.6. The molecule has 2 aromatic heterocycles. The summed E-state index contributed by atoms with van der Waals surface area (Å²) in [7, 11) is 0. The van der Waals surface area contributed by atoms with E-state index in [2.05, 4.69) is 39.8 Å². The van der Waals surface area contributed by atoms with Gasteiger partial charge in [-0.2, -0.15) is 0 Å². The van der Waals surface area contributed by atoms with Gasteiger partial charge in [-0.15, -0.1) is 0 Å². The first kappa shape index (κ1) is 26.7. The van der Waals surface area contributed by atoms with E-state index in [1.54, 1.807) is 18.6 Å². The van der Waals surface area contributed by atoms with Gasteiger partial charge in [0.1, 0.15) is 5.82 Å². The Morgan fingerprint density at radius 3 is 2.42 bits per heavy atom. The van der Waals surface area contributed by atoms with Crippen LogP contribution in [0.5, 0.6) is 17.4 Å². The van der Waals surface area contributed by atoms with Gasteiger partial charge in [-0.1, -0.05) is 32.0 Å². The van der Waals surface area contributed by atoms with Gasteiger partial charge in [-0.3, -0.25) is 9.69 Å². The molecule has 40 heavy (non-hydrogen) atoms. The van der Waals surface area contributed by atoms with Crippen molar-refractivity contribution in [2.45, 2.75) is 70.9 Å². The number of carbonyl (C=O) groups is 1. The summed E-state index contributed by atoms with van der Waals surface area (Å²) in [6.07, 6.45) is 11.5. The maximum atomic E-state index is 13.2. The molecule has 0 N–H and O–H groups in total. The van der Waals surface area contributed by atoms with Gasteiger partial charge in [0, 0.05) is 55.7 Å². The molecule has 0 spiro atoms. The average Bonchev–Trinajstić information content (AvgIpc) is 3.82. The number of nitrogens with zero attached hydrogens (tertiary/aromatic N) is 5. The summed E-state index contributed by atoms with van der Waals surface area (Å²) in [4.78, 5) is 31.2. The highest BCUT2D eigenvalue weighted by molar-refractivity contribution is 5.93. The molecule has 1 saturated heterocycles. The predicted molar refractivity (Wildman–Crippen MR) is 153 cm³/mol. The van der Waals surface area contributed by atoms with Crippen LogP contribution in [0, 0.1) is 5.41 Å². The Kier molecular flexibility index (Phi) is 7.69. The third kappa shape index (κ3) is 6.28. The van der Waals surface area contributed by atoms with Crippen molar-refractivity contribution in [1.29, 1.82) is 0 Å². The van der Waals surface area contributed by atoms with Crippen molar-refractivity contribution in [3.63, 3.8) is 0 Å². The molecular weight excluding hydrogens is 502 g/mol. The Hall–Kier alpha value is -3.52. The number of ether oxygens (including phenoxy) is 2. The summed E-state index contributed by atoms with van der Waals surface area (Å²) in [5.74, 6) is 3.44. The zero-order valence-corrected chi connectivity index (χ0v) is 23.6. The third-order valence-electron chi connectivity index (χ3n) is 8.33. The van der Waals surface area contributed by atoms with Crippen molar-refractivity contribution in [3.05, 3.63) is 71.9 Å². The molecule has 1 saturated carbocycles. The Labute approximate surface area is 236 Å². The van der Waals surface area contributed by atoms with Crippen LogP contribution in [0.1, 0.15) is 80.0 Å². The highest BCUT2D eigenvalue weighted by Crippen LogP contribution is 2.38. The predicted octanol–water partition coefficient (Wildman–Crippen LogP) is 5.85. The second-order valence-corrected chi connectivity index (χ2v) is 12.2. The topological polar surface area (TPSA) is 80.7 Å². The number of benzene rings is 1. The number of amides is 1. The van der Waals surface area contributed by atoms with Crippen LogP contribution in [0.15, 0.2) is 55.0 Å². The molecule has 0 bridgehead atoms. The maximum Gasteiger partial charge on any atom is 0.256 e. The molecule has 8 nitrogen and oxygen atoms in total. The van der Waals surface area contributed by atoms with E-state index in [4.69, 9.17) is 9.47 Å². The summed E-state index contributed by atoms with van der Waals surface area (Å²) in [5, 5.41) is 0. The fraction of sp³-hybridized carbons (Fsp3) is 0.500. The Morgan fingerprint density at radius 2 is 1.68 bits per heavy atom. The molecule has 0 unspecified atom stereocenters. The standard InChI is InChI=1S/C32H39N5O3/c1-32(2)14-6-16-37(21-24-7-5-15-33-30(24)40-28-9-4-3-8-27(28)39-22-32)26-12-17-36(18-13-26)31(38)25-19-34-29(35-20-25)23-10-11-23/h3-5,7-9,15,19-20,23,26H,6,10-14,16-18,21-22H2,1-2H3. The van der Waals surface area contributed by atoms with Crippen LogP contribution in [0.2, 0.25) is 0 Å². The molecular formula is C32H39N5O3. The number of hydrogen-bond donors (Lipinski definition) is 0. The second kappa shape index (κ2) is 11.5. The summed E-state index contributed by atoms with van der Waals surface area (Å²) in [6, 6.07) is 12.3. The normalized spacial score (nSPS) is 20.5. The highest BCUT2D eigenvalue weighted by Gasteiger charge is 2.31. The monoisotopic (exact) mass is 541 g/mol. The lowest BCUT2D eigenvalue weighted by atomic mass is 9.88. The lowest BCUT2D eigenvalue weighted by Crippen LogP contribution is -2.47. The number of hydrogen-bond acceptors (Lipinski definition) is 7. The number of likely N-dealkylation sites (tertiary alicyclic amines) is 1. The molecule has 1 aliphatic carbocycles. The molecule has 210 valence electrons. The van der Waals surface area contributed by atoms with Gasteiger partial charge in [-0.25, -0.2) is 15.0 Å². The van der Waals surface area contributed by atoms with E-state index in [0.29, 0.717) is 35.8 Å². The van der Waals surface area contributed by atoms with Gasteiger partial charge in [-0.05, 0) is 68.7 Å². The number of para-hydroxylation sites is 2. The molecule has 3 aromatic rings. The van der Waals surface area contributed by atoms with Gasteiger partial charge in [0.2, 0.25) is 5.88 Å². The average molecular weight is 542 g/mol. The maximum absolute atomic E-state index is 13.2. The number of pyridine rings is 1. The fourth-order valence-corrected chi connectivity index (χ4v) is 5.73. The van der Waals surface area contributed by atoms with E-state index in [0.717, 1.165) is 81.8 Å². The molecule has 2 aliphatic heterocycles. The summed E-state index contributed by atoms with van der Waals surface area (Å²) < 4.78 is 12.6. The smallest absolute Gasteiger partial charge is 0.256 e. The largest absolute Gasteiger partial charge is 0.489 e. The number of rotatable bonds is 3. The first-order valence-corrected chi connectivity index (χ1v) is 14.6.